The SMILES string of the molecule is CNC(c1cccc(OC(F)(F)F)c1)C1CC1C. The van der Waals surface area contributed by atoms with Crippen molar-refractivity contribution in [2.75, 3.05) is 7.05 Å². The third-order valence-corrected chi connectivity index (χ3v) is 3.36. The van der Waals surface area contributed by atoms with Gasteiger partial charge >= 0.3 is 6.36 Å². The molecule has 0 aromatic heterocycles. The van der Waals surface area contributed by atoms with Crippen LogP contribution in [0.4, 0.5) is 13.2 Å². The number of nitrogens with one attached hydrogen (secondary N) is 1. The molecule has 100 valence electrons. The second kappa shape index (κ2) is 4.80. The molecule has 18 heavy (non-hydrogen) atoms. The maximum absolute atomic E-state index is 12.2. The number of benzene rings is 1. The summed E-state index contributed by atoms with van der Waals surface area (Å²) in [6.45, 7) is 2.14. The highest BCUT2D eigenvalue weighted by Crippen LogP contribution is 2.47. The summed E-state index contributed by atoms with van der Waals surface area (Å²) in [5, 5.41) is 3.16. The molecule has 2 rings (SSSR count). The van der Waals surface area contributed by atoms with Crippen LogP contribution >= 0.6 is 0 Å². The summed E-state index contributed by atoms with van der Waals surface area (Å²) in [4.78, 5) is 0. The number of hydrogen-bond acceptors (Lipinski definition) is 2. The molecule has 1 aliphatic carbocycles. The van der Waals surface area contributed by atoms with E-state index in [-0.39, 0.29) is 11.8 Å². The molecule has 0 amide bonds. The van der Waals surface area contributed by atoms with Crippen molar-refractivity contribution in [1.82, 2.24) is 5.32 Å². The van der Waals surface area contributed by atoms with E-state index in [1.165, 1.54) is 12.1 Å². The Morgan fingerprint density at radius 1 is 1.39 bits per heavy atom. The molecule has 1 N–H and O–H groups in total. The van der Waals surface area contributed by atoms with E-state index in [0.717, 1.165) is 12.0 Å². The van der Waals surface area contributed by atoms with E-state index >= 15 is 0 Å². The van der Waals surface area contributed by atoms with E-state index < -0.39 is 6.36 Å². The summed E-state index contributed by atoms with van der Waals surface area (Å²) >= 11 is 0. The van der Waals surface area contributed by atoms with Crippen LogP contribution in [0.5, 0.6) is 5.75 Å². The second-order valence-electron chi connectivity index (χ2n) is 4.76. The van der Waals surface area contributed by atoms with Crippen LogP contribution in [0.25, 0.3) is 0 Å². The fourth-order valence-electron chi connectivity index (χ4n) is 2.35. The highest BCUT2D eigenvalue weighted by Gasteiger charge is 2.39. The zero-order chi connectivity index (χ0) is 13.3. The molecule has 0 saturated heterocycles. The molecule has 2 nitrogen and oxygen atoms in total. The monoisotopic (exact) mass is 259 g/mol. The van der Waals surface area contributed by atoms with E-state index in [1.807, 2.05) is 13.1 Å². The van der Waals surface area contributed by atoms with Crippen LogP contribution < -0.4 is 10.1 Å². The minimum absolute atomic E-state index is 0.0942. The normalized spacial score (nSPS) is 24.7. The van der Waals surface area contributed by atoms with Crippen LogP contribution in [0.2, 0.25) is 0 Å². The standard InChI is InChI=1S/C13H16F3NO/c1-8-6-11(8)12(17-2)9-4-3-5-10(7-9)18-13(14,15)16/h3-5,7-8,11-12,17H,6H2,1-2H3. The smallest absolute Gasteiger partial charge is 0.406 e. The predicted octanol–water partition coefficient (Wildman–Crippen LogP) is 3.50. The molecule has 0 bridgehead atoms. The molecule has 0 aliphatic heterocycles. The van der Waals surface area contributed by atoms with Crippen LogP contribution in [0.3, 0.4) is 0 Å². The lowest BCUT2D eigenvalue weighted by atomic mass is 10.0. The third-order valence-electron chi connectivity index (χ3n) is 3.36. The van der Waals surface area contributed by atoms with Crippen molar-refractivity contribution in [3.8, 4) is 5.75 Å². The molecule has 1 aromatic rings. The van der Waals surface area contributed by atoms with Gasteiger partial charge in [-0.3, -0.25) is 0 Å². The second-order valence-corrected chi connectivity index (χ2v) is 4.76. The van der Waals surface area contributed by atoms with Gasteiger partial charge < -0.3 is 10.1 Å². The van der Waals surface area contributed by atoms with Gasteiger partial charge in [0.2, 0.25) is 0 Å². The van der Waals surface area contributed by atoms with E-state index in [1.54, 1.807) is 6.07 Å². The van der Waals surface area contributed by atoms with Gasteiger partial charge in [-0.1, -0.05) is 19.1 Å². The van der Waals surface area contributed by atoms with Gasteiger partial charge in [-0.25, -0.2) is 0 Å². The van der Waals surface area contributed by atoms with Crippen LogP contribution in [-0.4, -0.2) is 13.4 Å². The van der Waals surface area contributed by atoms with Crippen molar-refractivity contribution in [3.63, 3.8) is 0 Å². The fraction of sp³-hybridized carbons (Fsp3) is 0.538. The van der Waals surface area contributed by atoms with Crippen molar-refractivity contribution in [3.05, 3.63) is 29.8 Å². The van der Waals surface area contributed by atoms with Gasteiger partial charge in [0.25, 0.3) is 0 Å². The molecule has 1 saturated carbocycles. The minimum Gasteiger partial charge on any atom is -0.406 e. The Balaban J connectivity index is 2.15. The Bertz CT molecular complexity index is 419. The fourth-order valence-corrected chi connectivity index (χ4v) is 2.35. The quantitative estimate of drug-likeness (QED) is 0.893. The van der Waals surface area contributed by atoms with Crippen LogP contribution in [0.15, 0.2) is 24.3 Å². The molecule has 3 atom stereocenters. The van der Waals surface area contributed by atoms with Gasteiger partial charge in [0.15, 0.2) is 0 Å². The molecule has 5 heteroatoms. The molecule has 0 radical (unpaired) electrons. The number of ether oxygens (including phenoxy) is 1. The summed E-state index contributed by atoms with van der Waals surface area (Å²) in [7, 11) is 1.83. The van der Waals surface area contributed by atoms with E-state index in [4.69, 9.17) is 0 Å². The molecule has 0 heterocycles. The van der Waals surface area contributed by atoms with Crippen molar-refractivity contribution >= 4 is 0 Å². The maximum Gasteiger partial charge on any atom is 0.573 e. The maximum atomic E-state index is 12.2. The Hall–Kier alpha value is -1.23. The van der Waals surface area contributed by atoms with Gasteiger partial charge in [0.1, 0.15) is 5.75 Å². The third kappa shape index (κ3) is 3.16. The van der Waals surface area contributed by atoms with Gasteiger partial charge in [0.05, 0.1) is 0 Å². The lowest BCUT2D eigenvalue weighted by molar-refractivity contribution is -0.274. The first-order valence-corrected chi connectivity index (χ1v) is 5.93. The Kier molecular flexibility index (Phi) is 3.52. The first-order valence-electron chi connectivity index (χ1n) is 5.93. The van der Waals surface area contributed by atoms with Crippen molar-refractivity contribution in [2.45, 2.75) is 25.7 Å². The highest BCUT2D eigenvalue weighted by molar-refractivity contribution is 5.32. The van der Waals surface area contributed by atoms with E-state index in [2.05, 4.69) is 17.0 Å². The predicted molar refractivity (Wildman–Crippen MR) is 62.2 cm³/mol. The molecule has 3 unspecified atom stereocenters. The van der Waals surface area contributed by atoms with E-state index in [9.17, 15) is 13.2 Å². The number of hydrogen-bond donors (Lipinski definition) is 1. The number of alkyl halides is 3. The first kappa shape index (κ1) is 13.2. The van der Waals surface area contributed by atoms with Crippen molar-refractivity contribution in [2.24, 2.45) is 11.8 Å². The highest BCUT2D eigenvalue weighted by atomic mass is 19.4. The summed E-state index contributed by atoms with van der Waals surface area (Å²) in [5.74, 6) is 0.958. The molecule has 0 spiro atoms. The Morgan fingerprint density at radius 2 is 2.06 bits per heavy atom. The summed E-state index contributed by atoms with van der Waals surface area (Å²) in [5.41, 5.74) is 0.841. The number of halogens is 3. The lowest BCUT2D eigenvalue weighted by Gasteiger charge is -2.18. The number of rotatable bonds is 4. The molecule has 1 aliphatic rings. The zero-order valence-electron chi connectivity index (χ0n) is 10.3. The minimum atomic E-state index is -4.64. The zero-order valence-corrected chi connectivity index (χ0v) is 10.3. The van der Waals surface area contributed by atoms with Gasteiger partial charge in [0, 0.05) is 6.04 Å². The van der Waals surface area contributed by atoms with Gasteiger partial charge in [-0.2, -0.15) is 0 Å². The molecular formula is C13H16F3NO. The van der Waals surface area contributed by atoms with Gasteiger partial charge in [-0.15, -0.1) is 13.2 Å². The van der Waals surface area contributed by atoms with Crippen molar-refractivity contribution < 1.29 is 17.9 Å². The average molecular weight is 259 g/mol. The van der Waals surface area contributed by atoms with Crippen LogP contribution in [0, 0.1) is 11.8 Å². The van der Waals surface area contributed by atoms with Crippen LogP contribution in [-0.2, 0) is 0 Å². The summed E-state index contributed by atoms with van der Waals surface area (Å²) < 4.78 is 40.4. The molecular weight excluding hydrogens is 243 g/mol. The van der Waals surface area contributed by atoms with Gasteiger partial charge in [-0.05, 0) is 43.0 Å². The summed E-state index contributed by atoms with van der Waals surface area (Å²) in [6, 6.07) is 6.29. The summed E-state index contributed by atoms with van der Waals surface area (Å²) in [6.07, 6.45) is -3.53. The Labute approximate surface area is 104 Å². The lowest BCUT2D eigenvalue weighted by Crippen LogP contribution is -2.20. The van der Waals surface area contributed by atoms with Crippen LogP contribution in [0.1, 0.15) is 24.9 Å². The topological polar surface area (TPSA) is 21.3 Å². The average Bonchev–Trinajstić information content (AvgIpc) is 2.94. The molecule has 1 fully saturated rings. The first-order chi connectivity index (χ1) is 8.40. The van der Waals surface area contributed by atoms with Crippen molar-refractivity contribution in [1.29, 1.82) is 0 Å². The molecule has 1 aromatic carbocycles. The Morgan fingerprint density at radius 3 is 2.56 bits per heavy atom. The van der Waals surface area contributed by atoms with E-state index in [0.29, 0.717) is 11.8 Å². The largest absolute Gasteiger partial charge is 0.573 e.